The van der Waals surface area contributed by atoms with Gasteiger partial charge >= 0.3 is 45.2 Å². The van der Waals surface area contributed by atoms with Crippen molar-refractivity contribution in [1.29, 1.82) is 0 Å². The number of rotatable bonds is 3. The minimum absolute atomic E-state index is 0. The predicted molar refractivity (Wildman–Crippen MR) is 112 cm³/mol. The van der Waals surface area contributed by atoms with Gasteiger partial charge in [-0.3, -0.25) is 6.29 Å². The molecule has 3 aromatic rings. The van der Waals surface area contributed by atoms with Gasteiger partial charge in [0, 0.05) is 17.1 Å². The first-order chi connectivity index (χ1) is 14.9. The maximum atomic E-state index is 8.68. The molecule has 0 fully saturated rings. The molecule has 0 saturated heterocycles. The molecule has 0 saturated carbocycles. The fourth-order valence-electron chi connectivity index (χ4n) is 2.18. The Bertz CT molecular complexity index is 730. The summed E-state index contributed by atoms with van der Waals surface area (Å²) in [5.74, 6) is 0. The molecule has 0 heterocycles. The van der Waals surface area contributed by atoms with E-state index in [2.05, 4.69) is 118 Å². The summed E-state index contributed by atoms with van der Waals surface area (Å²) in [5.41, 5.74) is 0. The summed E-state index contributed by atoms with van der Waals surface area (Å²) in [6.07, 6.45) is 1.50. The molecule has 0 bridgehead atoms. The fourth-order valence-corrected chi connectivity index (χ4v) is 4.48. The zero-order chi connectivity index (χ0) is 23.6. The molecule has 5 nitrogen and oxygen atoms in total. The van der Waals surface area contributed by atoms with Crippen LogP contribution in [0, 0.1) is 26.6 Å². The van der Waals surface area contributed by atoms with Crippen LogP contribution in [0.2, 0.25) is 0 Å². The summed E-state index contributed by atoms with van der Waals surface area (Å²) in [5, 5.41) is 4.19. The molecule has 0 aliphatic rings. The van der Waals surface area contributed by atoms with Gasteiger partial charge in [-0.05, 0) is 23.8 Å². The van der Waals surface area contributed by atoms with Gasteiger partial charge in [0.1, 0.15) is 0 Å². The number of hydrogen-bond acceptors (Lipinski definition) is 1. The molecule has 0 aromatic heterocycles. The van der Waals surface area contributed by atoms with E-state index in [0.29, 0.717) is 0 Å². The second-order valence-corrected chi connectivity index (χ2v) is 6.77. The van der Waals surface area contributed by atoms with Crippen LogP contribution in [0.1, 0.15) is 6.92 Å². The van der Waals surface area contributed by atoms with Crippen molar-refractivity contribution in [3.05, 3.63) is 118 Å². The van der Waals surface area contributed by atoms with Crippen LogP contribution in [0.25, 0.3) is 0 Å². The van der Waals surface area contributed by atoms with Gasteiger partial charge in [0.25, 0.3) is 0 Å². The number of hydrogen-bond donors (Lipinski definition) is 0. The topological polar surface area (TPSA) is 96.7 Å². The molecule has 0 N–H and O–H groups in total. The first-order valence-corrected chi connectivity index (χ1v) is 9.27. The molecule has 1 radical (unpaired) electrons. The summed E-state index contributed by atoms with van der Waals surface area (Å²) in [7, 11) is -0.446. The van der Waals surface area contributed by atoms with E-state index in [9.17, 15) is 0 Å². The van der Waals surface area contributed by atoms with Crippen LogP contribution < -0.4 is 15.9 Å². The Morgan fingerprint density at radius 3 is 0.871 bits per heavy atom. The molecular formula is C24H18MnO5P-. The molecule has 0 unspecified atom stereocenters. The molecule has 0 aliphatic heterocycles. The Balaban J connectivity index is -0.000000265. The van der Waals surface area contributed by atoms with E-state index in [1.54, 1.807) is 0 Å². The van der Waals surface area contributed by atoms with Gasteiger partial charge < -0.3 is 4.79 Å². The molecule has 3 aromatic carbocycles. The van der Waals surface area contributed by atoms with E-state index in [1.165, 1.54) is 29.1 Å². The van der Waals surface area contributed by atoms with E-state index in [-0.39, 0.29) is 17.1 Å². The second kappa shape index (κ2) is 29.4. The maximum Gasteiger partial charge on any atom is 0 e. The smallest absolute Gasteiger partial charge is 0 e. The van der Waals surface area contributed by atoms with Crippen molar-refractivity contribution in [2.45, 2.75) is 6.92 Å². The third-order valence-corrected chi connectivity index (χ3v) is 5.49. The van der Waals surface area contributed by atoms with Crippen LogP contribution in [0.15, 0.2) is 91.0 Å². The van der Waals surface area contributed by atoms with Crippen molar-refractivity contribution in [1.82, 2.24) is 0 Å². The molecule has 0 atom stereocenters. The van der Waals surface area contributed by atoms with Gasteiger partial charge in [-0.15, -0.1) is 0 Å². The normalized spacial score (nSPS) is 7.16. The molecule has 7 heteroatoms. The largest absolute Gasteiger partial charge is 0.0622 e. The average molecular weight is 472 g/mol. The van der Waals surface area contributed by atoms with Crippen molar-refractivity contribution in [2.24, 2.45) is 0 Å². The monoisotopic (exact) mass is 472 g/mol. The van der Waals surface area contributed by atoms with Gasteiger partial charge in [-0.1, -0.05) is 91.0 Å². The van der Waals surface area contributed by atoms with Gasteiger partial charge in [-0.2, -0.15) is 6.92 Å². The van der Waals surface area contributed by atoms with Crippen LogP contribution >= 0.6 is 7.92 Å². The molecular weight excluding hydrogens is 454 g/mol. The van der Waals surface area contributed by atoms with E-state index in [0.717, 1.165) is 0 Å². The van der Waals surface area contributed by atoms with Gasteiger partial charge in [0.05, 0.1) is 0 Å². The minimum Gasteiger partial charge on any atom is -0.0622 e. The summed E-state index contributed by atoms with van der Waals surface area (Å²) in [4.78, 5) is 8.68. The SMILES string of the molecule is C[C-]=O.[C-]#[O+].[C-]#[O+].[C-]#[O+].[C-]#[O+].[Mn].c1ccc(P(c2ccccc2)c2ccccc2)cc1. The van der Waals surface area contributed by atoms with E-state index >= 15 is 0 Å². The summed E-state index contributed by atoms with van der Waals surface area (Å²) >= 11 is 0. The van der Waals surface area contributed by atoms with Crippen molar-refractivity contribution < 1.29 is 40.5 Å². The van der Waals surface area contributed by atoms with Crippen LogP contribution in [-0.2, 0) is 40.5 Å². The van der Waals surface area contributed by atoms with Crippen LogP contribution in [-0.4, -0.2) is 6.29 Å². The summed E-state index contributed by atoms with van der Waals surface area (Å²) < 4.78 is 30.0. The molecule has 0 amide bonds. The van der Waals surface area contributed by atoms with Crippen LogP contribution in [0.4, 0.5) is 0 Å². The standard InChI is InChI=1S/C18H15P.C2H3O.4CO.Mn/c1-4-10-16(11-5-1)19(17-12-6-2-7-13-17)18-14-8-3-9-15-18;1-2-3;4*1-2;/h1-15H;1H3;;;;;/q;-1;;;;;. The van der Waals surface area contributed by atoms with Crippen LogP contribution in [0.5, 0.6) is 0 Å². The predicted octanol–water partition coefficient (Wildman–Crippen LogP) is 3.41. The van der Waals surface area contributed by atoms with Gasteiger partial charge in [0.15, 0.2) is 0 Å². The maximum absolute atomic E-state index is 8.68. The van der Waals surface area contributed by atoms with Crippen molar-refractivity contribution in [3.8, 4) is 0 Å². The summed E-state index contributed by atoms with van der Waals surface area (Å²) in [6, 6.07) is 32.3. The van der Waals surface area contributed by atoms with Crippen LogP contribution in [0.3, 0.4) is 0 Å². The van der Waals surface area contributed by atoms with E-state index in [4.69, 9.17) is 23.4 Å². The molecule has 3 rings (SSSR count). The Morgan fingerprint density at radius 1 is 0.548 bits per heavy atom. The number of carbonyl (C=O) groups excluding carboxylic acids is 1. The molecule has 31 heavy (non-hydrogen) atoms. The quantitative estimate of drug-likeness (QED) is 0.248. The second-order valence-electron chi connectivity index (χ2n) is 4.55. The van der Waals surface area contributed by atoms with Gasteiger partial charge in [0.2, 0.25) is 0 Å². The Morgan fingerprint density at radius 2 is 0.710 bits per heavy atom. The van der Waals surface area contributed by atoms with E-state index in [1.807, 2.05) is 0 Å². The molecule has 0 aliphatic carbocycles. The average Bonchev–Trinajstić information content (AvgIpc) is 2.87. The Labute approximate surface area is 195 Å². The zero-order valence-corrected chi connectivity index (χ0v) is 18.6. The van der Waals surface area contributed by atoms with E-state index < -0.39 is 7.92 Å². The van der Waals surface area contributed by atoms with Crippen molar-refractivity contribution in [3.63, 3.8) is 0 Å². The van der Waals surface area contributed by atoms with Crippen molar-refractivity contribution >= 4 is 30.1 Å². The number of benzene rings is 3. The first kappa shape index (κ1) is 35.7. The van der Waals surface area contributed by atoms with Crippen molar-refractivity contribution in [2.75, 3.05) is 0 Å². The molecule has 0 spiro atoms. The Hall–Kier alpha value is -2.76. The van der Waals surface area contributed by atoms with Gasteiger partial charge in [-0.25, -0.2) is 0 Å². The Kier molecular flexibility index (Phi) is 33.9. The molecule has 157 valence electrons. The minimum atomic E-state index is -0.446. The zero-order valence-electron chi connectivity index (χ0n) is 16.5. The summed E-state index contributed by atoms with van der Waals surface area (Å²) in [6.45, 7) is 19.3. The third-order valence-electron chi connectivity index (χ3n) is 3.04. The fraction of sp³-hybridized carbons (Fsp3) is 0.0417. The first-order valence-electron chi connectivity index (χ1n) is 7.92. The third kappa shape index (κ3) is 15.7.